The number of hydrogen-bond donors (Lipinski definition) is 2. The first kappa shape index (κ1) is 14.0. The van der Waals surface area contributed by atoms with Gasteiger partial charge < -0.3 is 15.8 Å². The Morgan fingerprint density at radius 3 is 2.22 bits per heavy atom. The second-order valence-electron chi connectivity index (χ2n) is 4.98. The van der Waals surface area contributed by atoms with Gasteiger partial charge in [-0.25, -0.2) is 0 Å². The second-order valence-corrected chi connectivity index (χ2v) is 4.98. The highest BCUT2D eigenvalue weighted by atomic mass is 16.5. The van der Waals surface area contributed by atoms with Gasteiger partial charge in [0.1, 0.15) is 5.75 Å². The van der Waals surface area contributed by atoms with Crippen LogP contribution in [-0.2, 0) is 4.79 Å². The number of rotatable bonds is 4. The largest absolute Gasteiger partial charge is 0.484 e. The molecule has 1 aromatic carbocycles. The van der Waals surface area contributed by atoms with Crippen molar-refractivity contribution in [3.63, 3.8) is 0 Å². The number of nitrogens with two attached hydrogens (primary N) is 1. The van der Waals surface area contributed by atoms with Crippen molar-refractivity contribution in [1.29, 1.82) is 0 Å². The minimum atomic E-state index is -0.537. The van der Waals surface area contributed by atoms with Crippen LogP contribution in [0.2, 0.25) is 0 Å². The van der Waals surface area contributed by atoms with Gasteiger partial charge in [-0.2, -0.15) is 0 Å². The van der Waals surface area contributed by atoms with Crippen LogP contribution in [0, 0.1) is 0 Å². The number of benzene rings is 1. The molecular weight excluding hydrogens is 232 g/mol. The lowest BCUT2D eigenvalue weighted by molar-refractivity contribution is -0.119. The van der Waals surface area contributed by atoms with Gasteiger partial charge in [0.15, 0.2) is 6.61 Å². The van der Waals surface area contributed by atoms with Gasteiger partial charge in [-0.1, -0.05) is 0 Å². The maximum atomic E-state index is 11.8. The van der Waals surface area contributed by atoms with E-state index in [2.05, 4.69) is 5.32 Å². The van der Waals surface area contributed by atoms with E-state index >= 15 is 0 Å². The zero-order valence-electron chi connectivity index (χ0n) is 10.8. The first-order valence-corrected chi connectivity index (χ1v) is 5.61. The molecule has 0 unspecified atom stereocenters. The number of hydrogen-bond acceptors (Lipinski definition) is 3. The average Bonchev–Trinajstić information content (AvgIpc) is 2.24. The van der Waals surface area contributed by atoms with Crippen LogP contribution in [0.3, 0.4) is 0 Å². The molecule has 98 valence electrons. The van der Waals surface area contributed by atoms with Crippen molar-refractivity contribution in [3.05, 3.63) is 29.8 Å². The molecule has 0 spiro atoms. The number of amides is 2. The third-order valence-electron chi connectivity index (χ3n) is 1.99. The summed E-state index contributed by atoms with van der Waals surface area (Å²) in [5, 5.41) is 2.85. The van der Waals surface area contributed by atoms with E-state index < -0.39 is 5.91 Å². The van der Waals surface area contributed by atoms with E-state index in [1.165, 1.54) is 0 Å². The highest BCUT2D eigenvalue weighted by Crippen LogP contribution is 2.13. The van der Waals surface area contributed by atoms with Gasteiger partial charge in [0, 0.05) is 11.1 Å². The Morgan fingerprint density at radius 1 is 1.22 bits per heavy atom. The minimum absolute atomic E-state index is 0.149. The van der Waals surface area contributed by atoms with E-state index in [0.29, 0.717) is 11.3 Å². The Labute approximate surface area is 106 Å². The lowest BCUT2D eigenvalue weighted by Crippen LogP contribution is -2.40. The van der Waals surface area contributed by atoms with E-state index in [0.717, 1.165) is 0 Å². The zero-order valence-corrected chi connectivity index (χ0v) is 10.8. The second kappa shape index (κ2) is 5.53. The Morgan fingerprint density at radius 2 is 1.78 bits per heavy atom. The maximum Gasteiger partial charge on any atom is 0.255 e. The summed E-state index contributed by atoms with van der Waals surface area (Å²) in [6, 6.07) is 6.52. The molecule has 5 heteroatoms. The van der Waals surface area contributed by atoms with E-state index in [4.69, 9.17) is 10.5 Å². The molecule has 0 aromatic heterocycles. The highest BCUT2D eigenvalue weighted by Gasteiger charge is 2.15. The lowest BCUT2D eigenvalue weighted by atomic mass is 10.1. The number of carbonyl (C=O) groups excluding carboxylic acids is 2. The van der Waals surface area contributed by atoms with Crippen molar-refractivity contribution in [2.75, 3.05) is 6.61 Å². The fraction of sp³-hybridized carbons (Fsp3) is 0.385. The van der Waals surface area contributed by atoms with Gasteiger partial charge in [0.25, 0.3) is 11.8 Å². The lowest BCUT2D eigenvalue weighted by Gasteiger charge is -2.20. The summed E-state index contributed by atoms with van der Waals surface area (Å²) in [6.45, 7) is 5.56. The Kier molecular flexibility index (Phi) is 4.31. The first-order valence-electron chi connectivity index (χ1n) is 5.61. The van der Waals surface area contributed by atoms with Crippen LogP contribution in [0.4, 0.5) is 0 Å². The van der Waals surface area contributed by atoms with Crippen LogP contribution in [0.25, 0.3) is 0 Å². The Hall–Kier alpha value is -2.04. The molecule has 0 radical (unpaired) electrons. The molecule has 3 N–H and O–H groups in total. The summed E-state index contributed by atoms with van der Waals surface area (Å²) in [4.78, 5) is 22.3. The van der Waals surface area contributed by atoms with Crippen LogP contribution in [-0.4, -0.2) is 24.0 Å². The predicted molar refractivity (Wildman–Crippen MR) is 68.4 cm³/mol. The molecule has 5 nitrogen and oxygen atoms in total. The molecule has 0 fully saturated rings. The minimum Gasteiger partial charge on any atom is -0.484 e. The van der Waals surface area contributed by atoms with Gasteiger partial charge in [0.05, 0.1) is 0 Å². The summed E-state index contributed by atoms with van der Waals surface area (Å²) in [6.07, 6.45) is 0. The zero-order chi connectivity index (χ0) is 13.8. The summed E-state index contributed by atoms with van der Waals surface area (Å²) >= 11 is 0. The van der Waals surface area contributed by atoms with Crippen LogP contribution in [0.5, 0.6) is 5.75 Å². The van der Waals surface area contributed by atoms with Gasteiger partial charge in [0.2, 0.25) is 0 Å². The summed E-state index contributed by atoms with van der Waals surface area (Å²) in [5.41, 5.74) is 5.22. The summed E-state index contributed by atoms with van der Waals surface area (Å²) in [5.74, 6) is -0.186. The molecule has 2 amide bonds. The molecule has 0 aliphatic rings. The smallest absolute Gasteiger partial charge is 0.255 e. The first-order chi connectivity index (χ1) is 8.28. The quantitative estimate of drug-likeness (QED) is 0.839. The number of ether oxygens (including phenoxy) is 1. The third kappa shape index (κ3) is 4.86. The van der Waals surface area contributed by atoms with Crippen LogP contribution in [0.1, 0.15) is 31.1 Å². The molecule has 0 saturated heterocycles. The summed E-state index contributed by atoms with van der Waals surface area (Å²) in [7, 11) is 0. The average molecular weight is 250 g/mol. The van der Waals surface area contributed by atoms with Gasteiger partial charge in [-0.3, -0.25) is 9.59 Å². The van der Waals surface area contributed by atoms with E-state index in [9.17, 15) is 9.59 Å². The molecule has 0 aliphatic carbocycles. The summed E-state index contributed by atoms with van der Waals surface area (Å²) < 4.78 is 5.10. The van der Waals surface area contributed by atoms with Crippen molar-refractivity contribution in [1.82, 2.24) is 5.32 Å². The van der Waals surface area contributed by atoms with E-state index in [1.807, 2.05) is 20.8 Å². The van der Waals surface area contributed by atoms with Crippen LogP contribution >= 0.6 is 0 Å². The van der Waals surface area contributed by atoms with Gasteiger partial charge in [-0.05, 0) is 45.0 Å². The van der Waals surface area contributed by atoms with Crippen LogP contribution < -0.4 is 15.8 Å². The third-order valence-corrected chi connectivity index (χ3v) is 1.99. The van der Waals surface area contributed by atoms with E-state index in [1.54, 1.807) is 24.3 Å². The molecule has 0 atom stereocenters. The topological polar surface area (TPSA) is 81.4 Å². The Bertz CT molecular complexity index is 433. The number of nitrogens with one attached hydrogen (secondary N) is 1. The SMILES string of the molecule is CC(C)(C)NC(=O)c1ccc(OCC(N)=O)cc1. The van der Waals surface area contributed by atoms with Crippen molar-refractivity contribution in [2.45, 2.75) is 26.3 Å². The van der Waals surface area contributed by atoms with Gasteiger partial charge >= 0.3 is 0 Å². The Balaban J connectivity index is 2.65. The van der Waals surface area contributed by atoms with Crippen molar-refractivity contribution in [3.8, 4) is 5.75 Å². The molecule has 0 heterocycles. The molecule has 18 heavy (non-hydrogen) atoms. The molecule has 1 aromatic rings. The maximum absolute atomic E-state index is 11.8. The van der Waals surface area contributed by atoms with Crippen molar-refractivity contribution >= 4 is 11.8 Å². The number of primary amides is 1. The fourth-order valence-electron chi connectivity index (χ4n) is 1.27. The van der Waals surface area contributed by atoms with Gasteiger partial charge in [-0.15, -0.1) is 0 Å². The molecule has 0 aliphatic heterocycles. The molecular formula is C13H18N2O3. The van der Waals surface area contributed by atoms with Crippen molar-refractivity contribution < 1.29 is 14.3 Å². The monoisotopic (exact) mass is 250 g/mol. The molecule has 0 bridgehead atoms. The highest BCUT2D eigenvalue weighted by molar-refractivity contribution is 5.94. The fourth-order valence-corrected chi connectivity index (χ4v) is 1.27. The normalized spacial score (nSPS) is 10.8. The van der Waals surface area contributed by atoms with Crippen LogP contribution in [0.15, 0.2) is 24.3 Å². The molecule has 0 saturated carbocycles. The number of carbonyl (C=O) groups is 2. The standard InChI is InChI=1S/C13H18N2O3/c1-13(2,3)15-12(17)9-4-6-10(7-5-9)18-8-11(14)16/h4-7H,8H2,1-3H3,(H2,14,16)(H,15,17). The van der Waals surface area contributed by atoms with Crippen molar-refractivity contribution in [2.24, 2.45) is 5.73 Å². The molecule has 1 rings (SSSR count). The predicted octanol–water partition coefficient (Wildman–Crippen LogP) is 1.08. The van der Waals surface area contributed by atoms with E-state index in [-0.39, 0.29) is 18.1 Å².